The van der Waals surface area contributed by atoms with Crippen LogP contribution in [0.2, 0.25) is 10.0 Å². The second kappa shape index (κ2) is 6.71. The number of benzene rings is 1. The van der Waals surface area contributed by atoms with Crippen molar-refractivity contribution in [2.45, 2.75) is 38.6 Å². The Balaban J connectivity index is 1.24. The molecule has 3 aliphatic carbocycles. The Bertz CT molecular complexity index is 986. The number of ether oxygens (including phenoxy) is 1. The van der Waals surface area contributed by atoms with Gasteiger partial charge in [-0.2, -0.15) is 5.10 Å². The van der Waals surface area contributed by atoms with Crippen LogP contribution in [0.15, 0.2) is 41.6 Å². The lowest BCUT2D eigenvalue weighted by atomic mass is 9.35. The van der Waals surface area contributed by atoms with Crippen LogP contribution in [0.25, 0.3) is 0 Å². The van der Waals surface area contributed by atoms with Crippen molar-refractivity contribution in [3.05, 3.63) is 57.7 Å². The zero-order chi connectivity index (χ0) is 20.2. The number of amides is 1. The molecule has 7 heteroatoms. The zero-order valence-corrected chi connectivity index (χ0v) is 17.6. The van der Waals surface area contributed by atoms with Crippen LogP contribution in [-0.4, -0.2) is 28.7 Å². The number of pyridine rings is 1. The van der Waals surface area contributed by atoms with Crippen molar-refractivity contribution in [2.24, 2.45) is 15.9 Å². The minimum absolute atomic E-state index is 0.0858. The second-order valence-corrected chi connectivity index (χ2v) is 9.40. The van der Waals surface area contributed by atoms with Gasteiger partial charge < -0.3 is 4.74 Å². The molecule has 0 radical (unpaired) electrons. The molecule has 0 saturated heterocycles. The van der Waals surface area contributed by atoms with Gasteiger partial charge in [-0.05, 0) is 43.4 Å². The molecule has 6 rings (SSSR count). The quantitative estimate of drug-likeness (QED) is 0.655. The molecule has 150 valence electrons. The van der Waals surface area contributed by atoms with Gasteiger partial charge in [0.05, 0.1) is 28.1 Å². The number of hydrazone groups is 1. The van der Waals surface area contributed by atoms with Crippen LogP contribution in [0.3, 0.4) is 0 Å². The fourth-order valence-corrected chi connectivity index (χ4v) is 5.47. The normalized spacial score (nSPS) is 29.3. The zero-order valence-electron chi connectivity index (χ0n) is 16.1. The van der Waals surface area contributed by atoms with Gasteiger partial charge in [-0.3, -0.25) is 4.79 Å². The summed E-state index contributed by atoms with van der Waals surface area (Å²) in [6, 6.07) is 9.22. The molecule has 2 bridgehead atoms. The molecule has 1 unspecified atom stereocenters. The fraction of sp³-hybridized carbons (Fsp3) is 0.409. The first-order valence-corrected chi connectivity index (χ1v) is 10.5. The number of hydrogen-bond acceptors (Lipinski definition) is 4. The maximum atomic E-state index is 13.3. The topological polar surface area (TPSA) is 54.8 Å². The number of halogens is 2. The summed E-state index contributed by atoms with van der Waals surface area (Å²) < 4.78 is 5.88. The minimum atomic E-state index is -0.310. The van der Waals surface area contributed by atoms with Gasteiger partial charge in [0, 0.05) is 30.3 Å². The third kappa shape index (κ3) is 3.03. The van der Waals surface area contributed by atoms with Crippen LogP contribution in [0.1, 0.15) is 42.9 Å². The molecular formula is C22H21Cl2N3O2. The average Bonchev–Trinajstić information content (AvgIpc) is 3.12. The highest BCUT2D eigenvalue weighted by Crippen LogP contribution is 2.74. The monoisotopic (exact) mass is 429 g/mol. The third-order valence-electron chi connectivity index (χ3n) is 6.38. The molecule has 1 aliphatic heterocycles. The lowest BCUT2D eigenvalue weighted by Crippen LogP contribution is -2.69. The highest BCUT2D eigenvalue weighted by molar-refractivity contribution is 6.42. The van der Waals surface area contributed by atoms with Crippen molar-refractivity contribution in [1.82, 2.24) is 9.99 Å². The molecule has 0 N–H and O–H groups in total. The molecule has 1 atom stereocenters. The highest BCUT2D eigenvalue weighted by atomic mass is 35.5. The predicted molar refractivity (Wildman–Crippen MR) is 112 cm³/mol. The Morgan fingerprint density at radius 2 is 2.03 bits per heavy atom. The fourth-order valence-electron chi connectivity index (χ4n) is 5.03. The lowest BCUT2D eigenvalue weighted by molar-refractivity contribution is -0.227. The van der Waals surface area contributed by atoms with E-state index in [9.17, 15) is 4.79 Å². The Morgan fingerprint density at radius 1 is 1.24 bits per heavy atom. The standard InChI is InChI=1S/C22H21Cl2N3O2/c1-14-5-6-18(25-9-14)29-13-21-10-22(11-21,12-21)20(28)27-17(7-8-26-27)15-3-2-4-16(23)19(15)24/h2-6,8-9,17H,7,10-13H2,1H3. The molecule has 4 aliphatic rings. The van der Waals surface area contributed by atoms with Crippen LogP contribution in [-0.2, 0) is 4.79 Å². The van der Waals surface area contributed by atoms with Crippen molar-refractivity contribution >= 4 is 35.3 Å². The first kappa shape index (κ1) is 18.9. The summed E-state index contributed by atoms with van der Waals surface area (Å²) in [6.45, 7) is 2.60. The first-order chi connectivity index (χ1) is 13.9. The van der Waals surface area contributed by atoms with Crippen LogP contribution in [0, 0.1) is 17.8 Å². The smallest absolute Gasteiger partial charge is 0.249 e. The Kier molecular flexibility index (Phi) is 4.37. The van der Waals surface area contributed by atoms with Crippen LogP contribution in [0.5, 0.6) is 5.88 Å². The number of aryl methyl sites for hydroxylation is 1. The summed E-state index contributed by atoms with van der Waals surface area (Å²) in [4.78, 5) is 17.6. The van der Waals surface area contributed by atoms with E-state index in [4.69, 9.17) is 27.9 Å². The van der Waals surface area contributed by atoms with Gasteiger partial charge in [0.2, 0.25) is 11.8 Å². The third-order valence-corrected chi connectivity index (χ3v) is 7.22. The number of hydrogen-bond donors (Lipinski definition) is 0. The van der Waals surface area contributed by atoms with Crippen molar-refractivity contribution < 1.29 is 9.53 Å². The number of aromatic nitrogens is 1. The SMILES string of the molecule is Cc1ccc(OCC23CC(C(=O)N4N=CCC4c4cccc(Cl)c4Cl)(C2)C3)nc1. The maximum Gasteiger partial charge on any atom is 0.249 e. The Hall–Kier alpha value is -2.11. The van der Waals surface area contributed by atoms with Gasteiger partial charge in [-0.1, -0.05) is 41.4 Å². The van der Waals surface area contributed by atoms with E-state index in [1.54, 1.807) is 23.5 Å². The number of carbonyl (C=O) groups is 1. The molecule has 3 saturated carbocycles. The van der Waals surface area contributed by atoms with E-state index < -0.39 is 0 Å². The van der Waals surface area contributed by atoms with E-state index in [1.807, 2.05) is 31.2 Å². The van der Waals surface area contributed by atoms with Crippen LogP contribution < -0.4 is 4.74 Å². The predicted octanol–water partition coefficient (Wildman–Crippen LogP) is 5.21. The Morgan fingerprint density at radius 3 is 2.76 bits per heavy atom. The molecular weight excluding hydrogens is 409 g/mol. The van der Waals surface area contributed by atoms with E-state index in [0.29, 0.717) is 29.0 Å². The second-order valence-electron chi connectivity index (χ2n) is 8.62. The van der Waals surface area contributed by atoms with Crippen molar-refractivity contribution in [3.63, 3.8) is 0 Å². The number of rotatable bonds is 5. The van der Waals surface area contributed by atoms with E-state index in [1.165, 1.54) is 0 Å². The van der Waals surface area contributed by atoms with Gasteiger partial charge in [-0.25, -0.2) is 9.99 Å². The molecule has 29 heavy (non-hydrogen) atoms. The summed E-state index contributed by atoms with van der Waals surface area (Å²) in [5.41, 5.74) is 1.73. The van der Waals surface area contributed by atoms with Gasteiger partial charge in [0.1, 0.15) is 0 Å². The summed E-state index contributed by atoms with van der Waals surface area (Å²) >= 11 is 12.6. The minimum Gasteiger partial charge on any atom is -0.477 e. The van der Waals surface area contributed by atoms with Crippen LogP contribution >= 0.6 is 23.2 Å². The maximum absolute atomic E-state index is 13.3. The molecule has 5 nitrogen and oxygen atoms in total. The van der Waals surface area contributed by atoms with Crippen LogP contribution in [0.4, 0.5) is 0 Å². The number of nitrogens with zero attached hydrogens (tertiary/aromatic N) is 3. The van der Waals surface area contributed by atoms with Gasteiger partial charge >= 0.3 is 0 Å². The van der Waals surface area contributed by atoms with E-state index in [-0.39, 0.29) is 22.8 Å². The van der Waals surface area contributed by atoms with Gasteiger partial charge in [0.25, 0.3) is 0 Å². The molecule has 1 amide bonds. The van der Waals surface area contributed by atoms with Gasteiger partial charge in [-0.15, -0.1) is 0 Å². The summed E-state index contributed by atoms with van der Waals surface area (Å²) in [7, 11) is 0. The molecule has 1 aromatic carbocycles. The van der Waals surface area contributed by atoms with Gasteiger partial charge in [0.15, 0.2) is 0 Å². The molecule has 0 spiro atoms. The number of carbonyl (C=O) groups excluding carboxylic acids is 1. The van der Waals surface area contributed by atoms with E-state index in [0.717, 1.165) is 30.4 Å². The molecule has 2 aromatic rings. The molecule has 1 aromatic heterocycles. The molecule has 3 fully saturated rings. The summed E-state index contributed by atoms with van der Waals surface area (Å²) in [5.74, 6) is 0.725. The van der Waals surface area contributed by atoms with Crippen molar-refractivity contribution in [2.75, 3.05) is 6.61 Å². The lowest BCUT2D eigenvalue weighted by Gasteiger charge is -2.69. The van der Waals surface area contributed by atoms with Crippen molar-refractivity contribution in [3.8, 4) is 5.88 Å². The Labute approximate surface area is 179 Å². The summed E-state index contributed by atoms with van der Waals surface area (Å²) in [5, 5.41) is 6.98. The molecule has 2 heterocycles. The van der Waals surface area contributed by atoms with E-state index >= 15 is 0 Å². The van der Waals surface area contributed by atoms with Crippen molar-refractivity contribution in [1.29, 1.82) is 0 Å². The van der Waals surface area contributed by atoms with E-state index in [2.05, 4.69) is 10.1 Å². The summed E-state index contributed by atoms with van der Waals surface area (Å²) in [6.07, 6.45) is 6.75. The average molecular weight is 430 g/mol. The highest BCUT2D eigenvalue weighted by Gasteiger charge is 2.73. The largest absolute Gasteiger partial charge is 0.477 e. The first-order valence-electron chi connectivity index (χ1n) is 9.77.